The molecule has 1 saturated carbocycles. The zero-order valence-corrected chi connectivity index (χ0v) is 12.8. The Morgan fingerprint density at radius 1 is 1.40 bits per heavy atom. The van der Waals surface area contributed by atoms with E-state index in [1.165, 1.54) is 4.90 Å². The van der Waals surface area contributed by atoms with Crippen LogP contribution >= 0.6 is 24.2 Å². The van der Waals surface area contributed by atoms with Crippen LogP contribution in [0.15, 0.2) is 0 Å². The van der Waals surface area contributed by atoms with Gasteiger partial charge in [-0.3, -0.25) is 19.3 Å². The average Bonchev–Trinajstić information content (AvgIpc) is 2.99. The Hall–Kier alpha value is -0.790. The van der Waals surface area contributed by atoms with E-state index in [2.05, 4.69) is 5.32 Å². The van der Waals surface area contributed by atoms with E-state index in [-0.39, 0.29) is 53.6 Å². The molecule has 2 atom stereocenters. The number of rotatable bonds is 5. The second kappa shape index (κ2) is 7.85. The van der Waals surface area contributed by atoms with Crippen molar-refractivity contribution in [3.05, 3.63) is 0 Å². The average molecular weight is 322 g/mol. The molecule has 3 N–H and O–H groups in total. The lowest BCUT2D eigenvalue weighted by Crippen LogP contribution is -2.41. The van der Waals surface area contributed by atoms with Crippen LogP contribution in [0, 0.1) is 11.8 Å². The molecule has 2 aliphatic rings. The number of amides is 3. The van der Waals surface area contributed by atoms with Crippen molar-refractivity contribution < 1.29 is 14.4 Å². The summed E-state index contributed by atoms with van der Waals surface area (Å²) in [6, 6.07) is 0. The number of halogens is 1. The van der Waals surface area contributed by atoms with Gasteiger partial charge in [0.2, 0.25) is 11.8 Å². The summed E-state index contributed by atoms with van der Waals surface area (Å²) >= 11 is 1.01. The number of hydrogen-bond donors (Lipinski definition) is 2. The molecule has 0 aromatic carbocycles. The first kappa shape index (κ1) is 17.3. The predicted molar refractivity (Wildman–Crippen MR) is 79.7 cm³/mol. The molecule has 2 fully saturated rings. The van der Waals surface area contributed by atoms with E-state index < -0.39 is 0 Å². The largest absolute Gasteiger partial charge is 0.354 e. The van der Waals surface area contributed by atoms with Crippen molar-refractivity contribution in [2.45, 2.75) is 19.3 Å². The van der Waals surface area contributed by atoms with Crippen LogP contribution in [-0.2, 0) is 9.59 Å². The fourth-order valence-corrected chi connectivity index (χ4v) is 3.43. The molecule has 0 aromatic rings. The van der Waals surface area contributed by atoms with Gasteiger partial charge < -0.3 is 11.1 Å². The summed E-state index contributed by atoms with van der Waals surface area (Å²) in [4.78, 5) is 35.9. The molecule has 1 saturated heterocycles. The van der Waals surface area contributed by atoms with Crippen LogP contribution in [0.2, 0.25) is 0 Å². The van der Waals surface area contributed by atoms with Crippen LogP contribution in [0.1, 0.15) is 19.3 Å². The number of carbonyl (C=O) groups excluding carboxylic acids is 3. The second-order valence-electron chi connectivity index (χ2n) is 4.92. The summed E-state index contributed by atoms with van der Waals surface area (Å²) in [6.45, 7) is 1.12. The maximum absolute atomic E-state index is 12.0. The molecule has 1 heterocycles. The van der Waals surface area contributed by atoms with Gasteiger partial charge in [0.05, 0.1) is 5.75 Å². The maximum atomic E-state index is 12.0. The van der Waals surface area contributed by atoms with Gasteiger partial charge in [0.15, 0.2) is 0 Å². The van der Waals surface area contributed by atoms with Gasteiger partial charge in [-0.15, -0.1) is 12.4 Å². The van der Waals surface area contributed by atoms with Crippen LogP contribution in [0.5, 0.6) is 0 Å². The number of hydrogen-bond acceptors (Lipinski definition) is 5. The lowest BCUT2D eigenvalue weighted by Gasteiger charge is -2.18. The Morgan fingerprint density at radius 2 is 2.15 bits per heavy atom. The summed E-state index contributed by atoms with van der Waals surface area (Å²) in [7, 11) is 0. The Morgan fingerprint density at radius 3 is 2.75 bits per heavy atom. The number of nitrogens with one attached hydrogen (secondary N) is 1. The highest BCUT2D eigenvalue weighted by molar-refractivity contribution is 8.14. The Balaban J connectivity index is 0.00000200. The predicted octanol–water partition coefficient (Wildman–Crippen LogP) is 0.595. The number of thioether (sulfide) groups is 1. The number of nitrogens with zero attached hydrogens (tertiary/aromatic N) is 1. The Kier molecular flexibility index (Phi) is 6.78. The molecular formula is C12H20ClN3O3S. The van der Waals surface area contributed by atoms with Crippen molar-refractivity contribution in [1.82, 2.24) is 10.2 Å². The van der Waals surface area contributed by atoms with E-state index in [1.807, 2.05) is 0 Å². The van der Waals surface area contributed by atoms with Crippen LogP contribution in [0.25, 0.3) is 0 Å². The van der Waals surface area contributed by atoms with Gasteiger partial charge in [0.1, 0.15) is 0 Å². The van der Waals surface area contributed by atoms with E-state index >= 15 is 0 Å². The van der Waals surface area contributed by atoms with Gasteiger partial charge in [-0.25, -0.2) is 0 Å². The molecular weight excluding hydrogens is 302 g/mol. The Labute approximate surface area is 128 Å². The highest BCUT2D eigenvalue weighted by Gasteiger charge is 2.32. The first-order valence-electron chi connectivity index (χ1n) is 6.58. The number of carbonyl (C=O) groups is 3. The minimum Gasteiger partial charge on any atom is -0.354 e. The zero-order chi connectivity index (χ0) is 13.8. The fourth-order valence-electron chi connectivity index (χ4n) is 2.68. The van der Waals surface area contributed by atoms with Crippen LogP contribution in [0.3, 0.4) is 0 Å². The summed E-state index contributed by atoms with van der Waals surface area (Å²) in [5.74, 6) is 0.296. The molecule has 0 radical (unpaired) electrons. The molecule has 0 unspecified atom stereocenters. The third-order valence-electron chi connectivity index (χ3n) is 3.77. The fraction of sp³-hybridized carbons (Fsp3) is 0.750. The SMILES string of the molecule is Cl.NC[C@H]1CCC[C@H]1C(=O)NCCN1C(=O)CSC1=O. The minimum atomic E-state index is -0.222. The van der Waals surface area contributed by atoms with E-state index in [0.29, 0.717) is 13.1 Å². The minimum absolute atomic E-state index is 0. The van der Waals surface area contributed by atoms with Crippen molar-refractivity contribution in [2.75, 3.05) is 25.4 Å². The first-order valence-corrected chi connectivity index (χ1v) is 7.57. The molecule has 0 bridgehead atoms. The topological polar surface area (TPSA) is 92.5 Å². The third-order valence-corrected chi connectivity index (χ3v) is 4.63. The lowest BCUT2D eigenvalue weighted by molar-refractivity contribution is -0.127. The molecule has 20 heavy (non-hydrogen) atoms. The van der Waals surface area contributed by atoms with E-state index in [9.17, 15) is 14.4 Å². The molecule has 1 aliphatic heterocycles. The summed E-state index contributed by atoms with van der Waals surface area (Å²) in [5, 5.41) is 2.58. The van der Waals surface area contributed by atoms with Crippen molar-refractivity contribution in [2.24, 2.45) is 17.6 Å². The molecule has 0 spiro atoms. The van der Waals surface area contributed by atoms with Crippen molar-refractivity contribution in [3.8, 4) is 0 Å². The van der Waals surface area contributed by atoms with Gasteiger partial charge in [-0.2, -0.15) is 0 Å². The lowest BCUT2D eigenvalue weighted by atomic mass is 9.95. The van der Waals surface area contributed by atoms with Gasteiger partial charge in [-0.1, -0.05) is 18.2 Å². The highest BCUT2D eigenvalue weighted by Crippen LogP contribution is 2.30. The molecule has 1 aliphatic carbocycles. The molecule has 2 rings (SSSR count). The van der Waals surface area contributed by atoms with Crippen LogP contribution in [-0.4, -0.2) is 47.3 Å². The number of nitrogens with two attached hydrogens (primary N) is 1. The quantitative estimate of drug-likeness (QED) is 0.773. The second-order valence-corrected chi connectivity index (χ2v) is 5.85. The third kappa shape index (κ3) is 3.86. The van der Waals surface area contributed by atoms with Gasteiger partial charge >= 0.3 is 0 Å². The van der Waals surface area contributed by atoms with Crippen molar-refractivity contribution in [1.29, 1.82) is 0 Å². The summed E-state index contributed by atoms with van der Waals surface area (Å²) < 4.78 is 0. The molecule has 6 nitrogen and oxygen atoms in total. The van der Waals surface area contributed by atoms with Gasteiger partial charge in [0, 0.05) is 19.0 Å². The van der Waals surface area contributed by atoms with E-state index in [0.717, 1.165) is 31.0 Å². The standard InChI is InChI=1S/C12H19N3O3S.ClH/c13-6-8-2-1-3-9(8)11(17)14-4-5-15-10(16)7-19-12(15)18;/h8-9H,1-7,13H2,(H,14,17);1H/t8-,9-;/m1./s1. The van der Waals surface area contributed by atoms with E-state index in [4.69, 9.17) is 5.73 Å². The highest BCUT2D eigenvalue weighted by atomic mass is 35.5. The van der Waals surface area contributed by atoms with E-state index in [1.54, 1.807) is 0 Å². The normalized spacial score (nSPS) is 25.8. The van der Waals surface area contributed by atoms with Crippen LogP contribution in [0.4, 0.5) is 4.79 Å². The monoisotopic (exact) mass is 321 g/mol. The summed E-state index contributed by atoms with van der Waals surface area (Å²) in [5.41, 5.74) is 5.65. The summed E-state index contributed by atoms with van der Waals surface area (Å²) in [6.07, 6.45) is 2.93. The zero-order valence-electron chi connectivity index (χ0n) is 11.2. The van der Waals surface area contributed by atoms with Gasteiger partial charge in [0.25, 0.3) is 5.24 Å². The molecule has 8 heteroatoms. The maximum Gasteiger partial charge on any atom is 0.288 e. The number of imide groups is 1. The molecule has 3 amide bonds. The first-order chi connectivity index (χ1) is 9.13. The van der Waals surface area contributed by atoms with Crippen LogP contribution < -0.4 is 11.1 Å². The van der Waals surface area contributed by atoms with Crippen molar-refractivity contribution >= 4 is 41.2 Å². The van der Waals surface area contributed by atoms with Crippen molar-refractivity contribution in [3.63, 3.8) is 0 Å². The van der Waals surface area contributed by atoms with Gasteiger partial charge in [-0.05, 0) is 25.3 Å². The molecule has 114 valence electrons. The molecule has 0 aromatic heterocycles. The Bertz CT molecular complexity index is 378. The smallest absolute Gasteiger partial charge is 0.288 e.